The Kier molecular flexibility index (Phi) is 5.52. The van der Waals surface area contributed by atoms with Crippen molar-refractivity contribution in [2.24, 2.45) is 0 Å². The Balaban J connectivity index is 2.13. The first kappa shape index (κ1) is 11.4. The van der Waals surface area contributed by atoms with Gasteiger partial charge in [-0.15, -0.1) is 11.3 Å². The van der Waals surface area contributed by atoms with Crippen LogP contribution in [0.15, 0.2) is 11.6 Å². The Bertz CT molecular complexity index is 315. The van der Waals surface area contributed by atoms with E-state index in [0.717, 1.165) is 15.1 Å². The number of thiazole rings is 1. The van der Waals surface area contributed by atoms with E-state index < -0.39 is 0 Å². The van der Waals surface area contributed by atoms with Gasteiger partial charge in [0.25, 0.3) is 0 Å². The van der Waals surface area contributed by atoms with Crippen LogP contribution in [-0.4, -0.2) is 15.1 Å². The van der Waals surface area contributed by atoms with Crippen molar-refractivity contribution in [3.63, 3.8) is 0 Å². The van der Waals surface area contributed by atoms with Crippen molar-refractivity contribution < 1.29 is 0 Å². The molecule has 0 aliphatic carbocycles. The zero-order valence-electron chi connectivity index (χ0n) is 7.40. The second kappa shape index (κ2) is 6.76. The highest BCUT2D eigenvalue weighted by Crippen LogP contribution is 2.06. The molecule has 1 rings (SSSR count). The summed E-state index contributed by atoms with van der Waals surface area (Å²) in [5.74, 6) is 0.750. The molecule has 0 aliphatic heterocycles. The van der Waals surface area contributed by atoms with Gasteiger partial charge >= 0.3 is 0 Å². The van der Waals surface area contributed by atoms with Crippen LogP contribution in [0.1, 0.15) is 11.4 Å². The summed E-state index contributed by atoms with van der Waals surface area (Å²) in [6.45, 7) is 0.677. The maximum Gasteiger partial charge on any atom is 0.134 e. The topological polar surface area (TPSA) is 48.7 Å². The molecule has 0 radical (unpaired) electrons. The van der Waals surface area contributed by atoms with Crippen LogP contribution in [0.4, 0.5) is 0 Å². The van der Waals surface area contributed by atoms with E-state index in [-0.39, 0.29) is 0 Å². The van der Waals surface area contributed by atoms with Gasteiger partial charge in [0, 0.05) is 23.8 Å². The van der Waals surface area contributed by atoms with Gasteiger partial charge in [-0.3, -0.25) is 0 Å². The molecule has 1 N–H and O–H groups in total. The van der Waals surface area contributed by atoms with Gasteiger partial charge in [-0.2, -0.15) is 5.26 Å². The molecular weight excluding hydrogens is 234 g/mol. The number of nitrogens with zero attached hydrogens (tertiary/aromatic N) is 2. The van der Waals surface area contributed by atoms with E-state index in [4.69, 9.17) is 17.5 Å². The first-order valence-electron chi connectivity index (χ1n) is 3.99. The predicted octanol–water partition coefficient (Wildman–Crippen LogP) is 2.16. The number of hydrogen-bond acceptors (Lipinski definition) is 5. The molecule has 6 heteroatoms. The van der Waals surface area contributed by atoms with Gasteiger partial charge in [0.2, 0.25) is 0 Å². The van der Waals surface area contributed by atoms with Crippen LogP contribution in [0.5, 0.6) is 0 Å². The highest BCUT2D eigenvalue weighted by atomic mass is 32.2. The Morgan fingerprint density at radius 1 is 1.79 bits per heavy atom. The first-order chi connectivity index (χ1) is 6.83. The lowest BCUT2D eigenvalue weighted by Crippen LogP contribution is -2.17. The Hall–Kier alpha value is -0.640. The minimum absolute atomic E-state index is 0.531. The van der Waals surface area contributed by atoms with Crippen LogP contribution >= 0.6 is 35.3 Å². The molecule has 14 heavy (non-hydrogen) atoms. The lowest BCUT2D eigenvalue weighted by Gasteiger charge is -2.03. The third kappa shape index (κ3) is 4.56. The third-order valence-corrected chi connectivity index (χ3v) is 3.41. The van der Waals surface area contributed by atoms with E-state index >= 15 is 0 Å². The summed E-state index contributed by atoms with van der Waals surface area (Å²) in [5, 5.41) is 14.4. The van der Waals surface area contributed by atoms with Gasteiger partial charge in [-0.1, -0.05) is 24.0 Å². The average Bonchev–Trinajstić information content (AvgIpc) is 2.68. The van der Waals surface area contributed by atoms with Crippen LogP contribution in [-0.2, 0) is 6.54 Å². The van der Waals surface area contributed by atoms with Crippen molar-refractivity contribution in [3.05, 3.63) is 16.6 Å². The Morgan fingerprint density at radius 2 is 2.64 bits per heavy atom. The molecule has 0 saturated carbocycles. The lowest BCUT2D eigenvalue weighted by atomic mass is 10.6. The van der Waals surface area contributed by atoms with Crippen molar-refractivity contribution in [1.82, 2.24) is 10.3 Å². The van der Waals surface area contributed by atoms with Crippen LogP contribution < -0.4 is 5.32 Å². The summed E-state index contributed by atoms with van der Waals surface area (Å²) in [5.41, 5.74) is 0. The molecule has 74 valence electrons. The molecule has 1 heterocycles. The summed E-state index contributed by atoms with van der Waals surface area (Å²) < 4.78 is 0.732. The quantitative estimate of drug-likeness (QED) is 0.648. The third-order valence-electron chi connectivity index (χ3n) is 1.31. The fourth-order valence-corrected chi connectivity index (χ4v) is 2.16. The fraction of sp³-hybridized carbons (Fsp3) is 0.375. The number of rotatable bonds is 4. The molecule has 0 bridgehead atoms. The van der Waals surface area contributed by atoms with E-state index in [1.807, 2.05) is 5.38 Å². The highest BCUT2D eigenvalue weighted by molar-refractivity contribution is 8.22. The average molecular weight is 243 g/mol. The van der Waals surface area contributed by atoms with Gasteiger partial charge in [0.1, 0.15) is 9.33 Å². The molecule has 0 spiro atoms. The summed E-state index contributed by atoms with van der Waals surface area (Å²) in [7, 11) is 0. The monoisotopic (exact) mass is 243 g/mol. The number of thioether (sulfide) groups is 1. The van der Waals surface area contributed by atoms with Crippen molar-refractivity contribution in [2.45, 2.75) is 13.0 Å². The number of nitriles is 1. The zero-order valence-corrected chi connectivity index (χ0v) is 9.84. The van der Waals surface area contributed by atoms with Gasteiger partial charge in [-0.05, 0) is 0 Å². The van der Waals surface area contributed by atoms with Gasteiger partial charge in [-0.25, -0.2) is 4.98 Å². The second-order valence-corrected chi connectivity index (χ2v) is 5.07. The van der Waals surface area contributed by atoms with E-state index in [9.17, 15) is 0 Å². The highest BCUT2D eigenvalue weighted by Gasteiger charge is 1.98. The van der Waals surface area contributed by atoms with Gasteiger partial charge in [0.05, 0.1) is 12.6 Å². The zero-order chi connectivity index (χ0) is 10.2. The molecule has 0 amide bonds. The van der Waals surface area contributed by atoms with E-state index in [1.165, 1.54) is 11.8 Å². The van der Waals surface area contributed by atoms with Gasteiger partial charge < -0.3 is 5.32 Å². The van der Waals surface area contributed by atoms with Crippen LogP contribution in [0.25, 0.3) is 0 Å². The molecule has 0 unspecified atom stereocenters. The van der Waals surface area contributed by atoms with Crippen LogP contribution in [0.2, 0.25) is 0 Å². The van der Waals surface area contributed by atoms with Crippen molar-refractivity contribution in [2.75, 3.05) is 5.75 Å². The van der Waals surface area contributed by atoms with E-state index in [1.54, 1.807) is 17.5 Å². The molecule has 0 fully saturated rings. The molecule has 1 aromatic heterocycles. The number of hydrogen-bond donors (Lipinski definition) is 1. The Labute approximate surface area is 96.5 Å². The smallest absolute Gasteiger partial charge is 0.134 e. The molecule has 0 aromatic carbocycles. The standard InChI is InChI=1S/C8H9N3S3/c9-2-1-4-14-8(12)11-6-7-10-3-5-13-7/h3,5H,1,4,6H2,(H,11,12). The van der Waals surface area contributed by atoms with Gasteiger partial charge in [0.15, 0.2) is 0 Å². The summed E-state index contributed by atoms with van der Waals surface area (Å²) in [6, 6.07) is 2.07. The molecule has 3 nitrogen and oxygen atoms in total. The first-order valence-corrected chi connectivity index (χ1v) is 6.26. The maximum absolute atomic E-state index is 8.32. The van der Waals surface area contributed by atoms with Crippen molar-refractivity contribution >= 4 is 39.6 Å². The second-order valence-electron chi connectivity index (χ2n) is 2.32. The Morgan fingerprint density at radius 3 is 3.29 bits per heavy atom. The van der Waals surface area contributed by atoms with Crippen molar-refractivity contribution in [3.8, 4) is 6.07 Å². The minimum atomic E-state index is 0.531. The molecule has 0 aliphatic rings. The summed E-state index contributed by atoms with van der Waals surface area (Å²) in [6.07, 6.45) is 2.30. The normalized spacial score (nSPS) is 9.36. The minimum Gasteiger partial charge on any atom is -0.364 e. The predicted molar refractivity (Wildman–Crippen MR) is 64.2 cm³/mol. The number of nitrogens with one attached hydrogen (secondary N) is 1. The molecular formula is C8H9N3S3. The van der Waals surface area contributed by atoms with Crippen LogP contribution in [0.3, 0.4) is 0 Å². The number of thiocarbonyl (C=S) groups is 1. The largest absolute Gasteiger partial charge is 0.364 e. The maximum atomic E-state index is 8.32. The SMILES string of the molecule is N#CCCSC(=S)NCc1nccs1. The molecule has 1 aromatic rings. The summed E-state index contributed by atoms with van der Waals surface area (Å²) >= 11 is 8.16. The van der Waals surface area contributed by atoms with E-state index in [2.05, 4.69) is 16.4 Å². The fourth-order valence-electron chi connectivity index (χ4n) is 0.728. The molecule has 0 saturated heterocycles. The molecule has 0 atom stereocenters. The van der Waals surface area contributed by atoms with Crippen molar-refractivity contribution in [1.29, 1.82) is 5.26 Å². The summed E-state index contributed by atoms with van der Waals surface area (Å²) in [4.78, 5) is 4.12. The van der Waals surface area contributed by atoms with E-state index in [0.29, 0.717) is 13.0 Å². The number of aromatic nitrogens is 1. The van der Waals surface area contributed by atoms with Crippen LogP contribution in [0, 0.1) is 11.3 Å². The lowest BCUT2D eigenvalue weighted by molar-refractivity contribution is 0.923.